The number of hydrogen-bond donors (Lipinski definition) is 0. The number of nitriles is 1. The molecular formula is C25H21F3N2O4. The van der Waals surface area contributed by atoms with Crippen molar-refractivity contribution in [3.8, 4) is 6.07 Å². The molecule has 0 amide bonds. The molecular weight excluding hydrogens is 449 g/mol. The Bertz CT molecular complexity index is 1330. The minimum Gasteiger partial charge on any atom is -0.465 e. The van der Waals surface area contributed by atoms with Crippen molar-refractivity contribution >= 4 is 28.9 Å². The molecule has 0 unspecified atom stereocenters. The summed E-state index contributed by atoms with van der Waals surface area (Å²) in [5, 5.41) is 9.83. The first-order chi connectivity index (χ1) is 16.1. The van der Waals surface area contributed by atoms with Crippen LogP contribution >= 0.6 is 0 Å². The van der Waals surface area contributed by atoms with Gasteiger partial charge >= 0.3 is 18.1 Å². The second-order valence-electron chi connectivity index (χ2n) is 7.50. The van der Waals surface area contributed by atoms with E-state index < -0.39 is 23.7 Å². The maximum Gasteiger partial charge on any atom is 0.416 e. The molecule has 6 nitrogen and oxygen atoms in total. The molecule has 176 valence electrons. The lowest BCUT2D eigenvalue weighted by Crippen LogP contribution is -2.07. The number of ether oxygens (including phenoxy) is 2. The molecule has 2 aromatic carbocycles. The first-order valence-corrected chi connectivity index (χ1v) is 10.3. The summed E-state index contributed by atoms with van der Waals surface area (Å²) in [7, 11) is 1.22. The van der Waals surface area contributed by atoms with Crippen LogP contribution in [-0.4, -0.2) is 30.2 Å². The highest BCUT2D eigenvalue weighted by Crippen LogP contribution is 2.32. The lowest BCUT2D eigenvalue weighted by atomic mass is 10.0. The van der Waals surface area contributed by atoms with Gasteiger partial charge in [0.25, 0.3) is 0 Å². The zero-order valence-electron chi connectivity index (χ0n) is 18.7. The molecule has 0 atom stereocenters. The van der Waals surface area contributed by atoms with Crippen LogP contribution < -0.4 is 0 Å². The first kappa shape index (κ1) is 24.6. The van der Waals surface area contributed by atoms with Gasteiger partial charge in [0, 0.05) is 29.2 Å². The average Bonchev–Trinajstić information content (AvgIpc) is 3.13. The number of rotatable bonds is 6. The normalized spacial score (nSPS) is 11.9. The summed E-state index contributed by atoms with van der Waals surface area (Å²) in [5.74, 6) is -1.46. The summed E-state index contributed by atoms with van der Waals surface area (Å²) in [6, 6.07) is 10.4. The number of halogens is 3. The summed E-state index contributed by atoms with van der Waals surface area (Å²) < 4.78 is 51.3. The van der Waals surface area contributed by atoms with E-state index in [0.717, 1.165) is 12.1 Å². The number of fused-ring (bicyclic) bond motifs is 1. The Kier molecular flexibility index (Phi) is 7.11. The molecule has 3 rings (SSSR count). The van der Waals surface area contributed by atoms with Gasteiger partial charge in [-0.2, -0.15) is 18.4 Å². The minimum atomic E-state index is -4.49. The Morgan fingerprint density at radius 3 is 2.56 bits per heavy atom. The van der Waals surface area contributed by atoms with E-state index in [1.165, 1.54) is 19.3 Å². The zero-order valence-corrected chi connectivity index (χ0v) is 18.7. The van der Waals surface area contributed by atoms with Crippen LogP contribution in [0.4, 0.5) is 13.2 Å². The molecule has 1 aromatic heterocycles. The quantitative estimate of drug-likeness (QED) is 0.278. The second-order valence-corrected chi connectivity index (χ2v) is 7.50. The average molecular weight is 470 g/mol. The summed E-state index contributed by atoms with van der Waals surface area (Å²) in [6.07, 6.45) is -1.63. The summed E-state index contributed by atoms with van der Waals surface area (Å²) in [6.45, 7) is 3.31. The first-order valence-electron chi connectivity index (χ1n) is 10.3. The molecule has 0 spiro atoms. The van der Waals surface area contributed by atoms with Crippen molar-refractivity contribution in [3.63, 3.8) is 0 Å². The zero-order chi connectivity index (χ0) is 25.0. The molecule has 0 saturated carbocycles. The van der Waals surface area contributed by atoms with Crippen LogP contribution in [0.2, 0.25) is 0 Å². The number of esters is 2. The molecule has 0 aliphatic carbocycles. The third kappa shape index (κ3) is 5.12. The van der Waals surface area contributed by atoms with Gasteiger partial charge in [0.1, 0.15) is 11.6 Å². The molecule has 34 heavy (non-hydrogen) atoms. The third-order valence-corrected chi connectivity index (χ3v) is 5.07. The van der Waals surface area contributed by atoms with Gasteiger partial charge in [-0.05, 0) is 49.8 Å². The highest BCUT2D eigenvalue weighted by Gasteiger charge is 2.31. The molecule has 9 heteroatoms. The van der Waals surface area contributed by atoms with Crippen molar-refractivity contribution in [2.45, 2.75) is 26.6 Å². The number of alkyl halides is 3. The predicted octanol–water partition coefficient (Wildman–Crippen LogP) is 5.27. The SMILES string of the molecule is CCOC(=O)/C(C#N)=C/c1cn(Cc2cc(C)cc(C(F)(F)F)c2)c2cccc(C(=O)OC)c12. The van der Waals surface area contributed by atoms with Gasteiger partial charge in [0.2, 0.25) is 0 Å². The van der Waals surface area contributed by atoms with Crippen LogP contribution in [0.25, 0.3) is 17.0 Å². The second kappa shape index (κ2) is 9.83. The lowest BCUT2D eigenvalue weighted by Gasteiger charge is -2.12. The van der Waals surface area contributed by atoms with E-state index in [9.17, 15) is 28.0 Å². The molecule has 1 heterocycles. The van der Waals surface area contributed by atoms with Gasteiger partial charge in [0.05, 0.1) is 24.8 Å². The number of aryl methyl sites for hydroxylation is 1. The van der Waals surface area contributed by atoms with Crippen molar-refractivity contribution < 1.29 is 32.2 Å². The number of methoxy groups -OCH3 is 1. The highest BCUT2D eigenvalue weighted by molar-refractivity contribution is 6.09. The van der Waals surface area contributed by atoms with E-state index in [2.05, 4.69) is 0 Å². The Balaban J connectivity index is 2.22. The summed E-state index contributed by atoms with van der Waals surface area (Å²) in [5.41, 5.74) is 0.861. The smallest absolute Gasteiger partial charge is 0.416 e. The third-order valence-electron chi connectivity index (χ3n) is 5.07. The van der Waals surface area contributed by atoms with E-state index in [0.29, 0.717) is 27.6 Å². The molecule has 0 fully saturated rings. The topological polar surface area (TPSA) is 81.3 Å². The Hall–Kier alpha value is -4.06. The fourth-order valence-corrected chi connectivity index (χ4v) is 3.72. The fraction of sp³-hybridized carbons (Fsp3) is 0.240. The number of carbonyl (C=O) groups is 2. The Morgan fingerprint density at radius 2 is 1.94 bits per heavy atom. The monoisotopic (exact) mass is 470 g/mol. The molecule has 0 aliphatic heterocycles. The molecule has 0 radical (unpaired) electrons. The van der Waals surface area contributed by atoms with Gasteiger partial charge in [-0.1, -0.05) is 17.7 Å². The lowest BCUT2D eigenvalue weighted by molar-refractivity contribution is -0.138. The number of benzene rings is 2. The number of nitrogens with zero attached hydrogens (tertiary/aromatic N) is 2. The molecule has 0 N–H and O–H groups in total. The van der Waals surface area contributed by atoms with E-state index in [4.69, 9.17) is 9.47 Å². The maximum atomic E-state index is 13.3. The van der Waals surface area contributed by atoms with Gasteiger partial charge in [0.15, 0.2) is 0 Å². The predicted molar refractivity (Wildman–Crippen MR) is 119 cm³/mol. The fourth-order valence-electron chi connectivity index (χ4n) is 3.72. The maximum absolute atomic E-state index is 13.3. The van der Waals surface area contributed by atoms with Crippen LogP contribution in [0.3, 0.4) is 0 Å². The van der Waals surface area contributed by atoms with Gasteiger partial charge in [-0.3, -0.25) is 0 Å². The van der Waals surface area contributed by atoms with Crippen molar-refractivity contribution in [1.29, 1.82) is 5.26 Å². The highest BCUT2D eigenvalue weighted by atomic mass is 19.4. The van der Waals surface area contributed by atoms with Crippen LogP contribution in [0, 0.1) is 18.3 Å². The Morgan fingerprint density at radius 1 is 1.21 bits per heavy atom. The van der Waals surface area contributed by atoms with Gasteiger partial charge in [-0.15, -0.1) is 0 Å². The largest absolute Gasteiger partial charge is 0.465 e. The number of aromatic nitrogens is 1. The van der Waals surface area contributed by atoms with Gasteiger partial charge < -0.3 is 14.0 Å². The Labute approximate surface area is 193 Å². The van der Waals surface area contributed by atoms with Crippen molar-refractivity contribution in [1.82, 2.24) is 4.57 Å². The molecule has 0 saturated heterocycles. The van der Waals surface area contributed by atoms with Crippen molar-refractivity contribution in [3.05, 3.63) is 76.0 Å². The van der Waals surface area contributed by atoms with Crippen molar-refractivity contribution in [2.75, 3.05) is 13.7 Å². The standard InChI is InChI=1S/C25H21F3N2O4/c1-4-34-23(31)17(12-29)11-18-14-30(21-7-5-6-20(22(18)21)24(32)33-3)13-16-8-15(2)9-19(10-16)25(26,27)28/h5-11,14H,4,13H2,1-3H3/b17-11+. The van der Waals surface area contributed by atoms with Crippen molar-refractivity contribution in [2.24, 2.45) is 0 Å². The van der Waals surface area contributed by atoms with Crippen LogP contribution in [0.15, 0.2) is 48.2 Å². The van der Waals surface area contributed by atoms with E-state index in [-0.39, 0.29) is 24.3 Å². The van der Waals surface area contributed by atoms with Crippen LogP contribution in [0.1, 0.15) is 39.5 Å². The van der Waals surface area contributed by atoms with E-state index >= 15 is 0 Å². The molecule has 3 aromatic rings. The van der Waals surface area contributed by atoms with Crippen LogP contribution in [0.5, 0.6) is 0 Å². The summed E-state index contributed by atoms with van der Waals surface area (Å²) >= 11 is 0. The number of carbonyl (C=O) groups excluding carboxylic acids is 2. The summed E-state index contributed by atoms with van der Waals surface area (Å²) in [4.78, 5) is 24.5. The van der Waals surface area contributed by atoms with Gasteiger partial charge in [-0.25, -0.2) is 9.59 Å². The minimum absolute atomic E-state index is 0.0566. The molecule has 0 aliphatic rings. The number of hydrogen-bond acceptors (Lipinski definition) is 5. The molecule has 0 bridgehead atoms. The van der Waals surface area contributed by atoms with Crippen LogP contribution in [-0.2, 0) is 27.0 Å². The van der Waals surface area contributed by atoms with E-state index in [1.54, 1.807) is 48.9 Å². The van der Waals surface area contributed by atoms with E-state index in [1.807, 2.05) is 0 Å².